The van der Waals surface area contributed by atoms with Crippen LogP contribution in [0.4, 0.5) is 4.39 Å². The average Bonchev–Trinajstić information content (AvgIpc) is 3.45. The standard InChI is InChI=1S/C25H19FN4O2S2/c26-16-12-10-15(11-13-16)19(31)14-33-25-28-27-24-29(17-6-2-1-3-7-17)22(32)21-18-8-4-5-9-20(18)34-23(21)30(24)25/h1-3,6-7,10-13H,4-5,8-9,14H2. The highest BCUT2D eigenvalue weighted by Crippen LogP contribution is 2.36. The maximum atomic E-state index is 13.8. The second-order valence-electron chi connectivity index (χ2n) is 8.20. The highest BCUT2D eigenvalue weighted by atomic mass is 32.2. The minimum atomic E-state index is -0.379. The van der Waals surface area contributed by atoms with Gasteiger partial charge in [-0.15, -0.1) is 21.5 Å². The highest BCUT2D eigenvalue weighted by molar-refractivity contribution is 7.99. The van der Waals surface area contributed by atoms with Crippen LogP contribution in [0.25, 0.3) is 21.7 Å². The minimum absolute atomic E-state index is 0.0839. The molecule has 3 aromatic heterocycles. The molecule has 34 heavy (non-hydrogen) atoms. The Kier molecular flexibility index (Phi) is 5.30. The minimum Gasteiger partial charge on any atom is -0.293 e. The van der Waals surface area contributed by atoms with Gasteiger partial charge in [-0.2, -0.15) is 0 Å². The molecule has 1 aliphatic carbocycles. The molecule has 0 amide bonds. The van der Waals surface area contributed by atoms with Gasteiger partial charge in [0.05, 0.1) is 16.8 Å². The number of ketones is 1. The van der Waals surface area contributed by atoms with Crippen molar-refractivity contribution in [2.45, 2.75) is 30.8 Å². The van der Waals surface area contributed by atoms with Crippen LogP contribution in [-0.4, -0.2) is 30.7 Å². The van der Waals surface area contributed by atoms with Crippen LogP contribution in [0.3, 0.4) is 0 Å². The normalized spacial score (nSPS) is 13.4. The number of thioether (sulfide) groups is 1. The van der Waals surface area contributed by atoms with Gasteiger partial charge < -0.3 is 0 Å². The van der Waals surface area contributed by atoms with Gasteiger partial charge in [-0.05, 0) is 67.6 Å². The predicted molar refractivity (Wildman–Crippen MR) is 132 cm³/mol. The van der Waals surface area contributed by atoms with E-state index in [0.717, 1.165) is 47.2 Å². The van der Waals surface area contributed by atoms with Gasteiger partial charge >= 0.3 is 0 Å². The lowest BCUT2D eigenvalue weighted by molar-refractivity contribution is 0.102. The molecule has 170 valence electrons. The number of halogens is 1. The van der Waals surface area contributed by atoms with Crippen LogP contribution in [0, 0.1) is 5.82 Å². The molecule has 5 aromatic rings. The number of hydrogen-bond acceptors (Lipinski definition) is 6. The molecule has 0 N–H and O–H groups in total. The number of fused-ring (bicyclic) bond motifs is 5. The van der Waals surface area contributed by atoms with E-state index < -0.39 is 0 Å². The Labute approximate surface area is 202 Å². The number of rotatable bonds is 5. The number of aryl methyl sites for hydroxylation is 2. The Morgan fingerprint density at radius 3 is 2.59 bits per heavy atom. The van der Waals surface area contributed by atoms with Crippen molar-refractivity contribution in [2.75, 3.05) is 5.75 Å². The molecule has 0 bridgehead atoms. The van der Waals surface area contributed by atoms with Crippen LogP contribution in [0.5, 0.6) is 0 Å². The lowest BCUT2D eigenvalue weighted by Crippen LogP contribution is -2.22. The van der Waals surface area contributed by atoms with Crippen molar-refractivity contribution in [3.05, 3.63) is 86.8 Å². The van der Waals surface area contributed by atoms with Crippen molar-refractivity contribution in [2.24, 2.45) is 0 Å². The van der Waals surface area contributed by atoms with Crippen molar-refractivity contribution < 1.29 is 9.18 Å². The van der Waals surface area contributed by atoms with Gasteiger partial charge in [-0.25, -0.2) is 13.4 Å². The van der Waals surface area contributed by atoms with Crippen LogP contribution in [0.15, 0.2) is 64.5 Å². The van der Waals surface area contributed by atoms with Crippen LogP contribution < -0.4 is 5.56 Å². The number of carbonyl (C=O) groups excluding carboxylic acids is 1. The van der Waals surface area contributed by atoms with Crippen LogP contribution >= 0.6 is 23.1 Å². The average molecular weight is 491 g/mol. The summed E-state index contributed by atoms with van der Waals surface area (Å²) in [5, 5.41) is 10.0. The summed E-state index contributed by atoms with van der Waals surface area (Å²) in [6.45, 7) is 0. The molecule has 0 unspecified atom stereocenters. The molecule has 0 aliphatic heterocycles. The molecule has 0 spiro atoms. The van der Waals surface area contributed by atoms with Crippen molar-refractivity contribution in [1.29, 1.82) is 0 Å². The Morgan fingerprint density at radius 1 is 1.03 bits per heavy atom. The molecule has 0 radical (unpaired) electrons. The largest absolute Gasteiger partial charge is 0.293 e. The van der Waals surface area contributed by atoms with Gasteiger partial charge in [0.15, 0.2) is 10.9 Å². The van der Waals surface area contributed by atoms with E-state index in [1.165, 1.54) is 40.9 Å². The number of aromatic nitrogens is 4. The molecule has 6 rings (SSSR count). The van der Waals surface area contributed by atoms with E-state index >= 15 is 0 Å². The van der Waals surface area contributed by atoms with E-state index in [2.05, 4.69) is 10.2 Å². The number of carbonyl (C=O) groups is 1. The summed E-state index contributed by atoms with van der Waals surface area (Å²) in [5.74, 6) is 0.0539. The van der Waals surface area contributed by atoms with E-state index in [-0.39, 0.29) is 22.9 Å². The summed E-state index contributed by atoms with van der Waals surface area (Å²) >= 11 is 2.90. The number of nitrogens with zero attached hydrogens (tertiary/aromatic N) is 4. The first kappa shape index (κ1) is 21.2. The molecule has 6 nitrogen and oxygen atoms in total. The van der Waals surface area contributed by atoms with Gasteiger partial charge in [0.2, 0.25) is 5.78 Å². The molecule has 0 fully saturated rings. The first-order chi connectivity index (χ1) is 16.6. The molecular formula is C25H19FN4O2S2. The molecule has 0 atom stereocenters. The number of hydrogen-bond donors (Lipinski definition) is 0. The summed E-state index contributed by atoms with van der Waals surface area (Å²) in [7, 11) is 0. The predicted octanol–water partition coefficient (Wildman–Crippen LogP) is 5.09. The number of Topliss-reactive ketones (excluding diaryl/α,β-unsaturated/α-hetero) is 1. The maximum Gasteiger partial charge on any atom is 0.268 e. The highest BCUT2D eigenvalue weighted by Gasteiger charge is 2.25. The van der Waals surface area contributed by atoms with Crippen LogP contribution in [0.1, 0.15) is 33.6 Å². The molecule has 2 aromatic carbocycles. The molecule has 0 saturated heterocycles. The van der Waals surface area contributed by atoms with E-state index in [1.54, 1.807) is 15.9 Å². The lowest BCUT2D eigenvalue weighted by atomic mass is 9.97. The topological polar surface area (TPSA) is 69.3 Å². The second-order valence-corrected chi connectivity index (χ2v) is 10.2. The monoisotopic (exact) mass is 490 g/mol. The summed E-state index contributed by atoms with van der Waals surface area (Å²) in [4.78, 5) is 28.5. The Bertz CT molecular complexity index is 1600. The zero-order valence-electron chi connectivity index (χ0n) is 18.0. The third kappa shape index (κ3) is 3.47. The Balaban J connectivity index is 1.51. The van der Waals surface area contributed by atoms with Gasteiger partial charge in [0.25, 0.3) is 5.56 Å². The fourth-order valence-corrected chi connectivity index (χ4v) is 6.73. The van der Waals surface area contributed by atoms with E-state index in [4.69, 9.17) is 0 Å². The van der Waals surface area contributed by atoms with E-state index in [1.807, 2.05) is 34.7 Å². The first-order valence-electron chi connectivity index (χ1n) is 11.0. The van der Waals surface area contributed by atoms with E-state index in [0.29, 0.717) is 16.5 Å². The Hall–Kier alpha value is -3.30. The third-order valence-corrected chi connectivity index (χ3v) is 8.31. The zero-order chi connectivity index (χ0) is 23.2. The second kappa shape index (κ2) is 8.48. The molecule has 9 heteroatoms. The van der Waals surface area contributed by atoms with Gasteiger partial charge in [-0.1, -0.05) is 30.0 Å². The van der Waals surface area contributed by atoms with Crippen molar-refractivity contribution in [3.8, 4) is 5.69 Å². The van der Waals surface area contributed by atoms with Gasteiger partial charge in [-0.3, -0.25) is 9.59 Å². The lowest BCUT2D eigenvalue weighted by Gasteiger charge is -2.12. The summed E-state index contributed by atoms with van der Waals surface area (Å²) < 4.78 is 16.8. The van der Waals surface area contributed by atoms with Crippen molar-refractivity contribution in [1.82, 2.24) is 19.2 Å². The summed E-state index contributed by atoms with van der Waals surface area (Å²) in [6.07, 6.45) is 4.04. The Morgan fingerprint density at radius 2 is 1.79 bits per heavy atom. The number of benzene rings is 2. The summed E-state index contributed by atoms with van der Waals surface area (Å²) in [5.41, 5.74) is 2.22. The molecule has 3 heterocycles. The van der Waals surface area contributed by atoms with Crippen LogP contribution in [0.2, 0.25) is 0 Å². The molecule has 1 aliphatic rings. The SMILES string of the molecule is O=C(CSc1nnc2n(-c3ccccc3)c(=O)c3c4c(sc3n12)CCCC4)c1ccc(F)cc1. The van der Waals surface area contributed by atoms with Crippen molar-refractivity contribution in [3.63, 3.8) is 0 Å². The van der Waals surface area contributed by atoms with Gasteiger partial charge in [0, 0.05) is 10.4 Å². The first-order valence-corrected chi connectivity index (χ1v) is 12.8. The fraction of sp³-hybridized carbons (Fsp3) is 0.200. The zero-order valence-corrected chi connectivity index (χ0v) is 19.7. The van der Waals surface area contributed by atoms with Crippen LogP contribution in [-0.2, 0) is 12.8 Å². The maximum absolute atomic E-state index is 13.8. The number of thiophene rings is 1. The van der Waals surface area contributed by atoms with Gasteiger partial charge in [0.1, 0.15) is 10.6 Å². The smallest absolute Gasteiger partial charge is 0.268 e. The summed E-state index contributed by atoms with van der Waals surface area (Å²) in [6, 6.07) is 15.0. The fourth-order valence-electron chi connectivity index (χ4n) is 4.47. The molecule has 0 saturated carbocycles. The number of para-hydroxylation sites is 1. The van der Waals surface area contributed by atoms with E-state index in [9.17, 15) is 14.0 Å². The third-order valence-electron chi connectivity index (χ3n) is 6.10. The quantitative estimate of drug-likeness (QED) is 0.254. The van der Waals surface area contributed by atoms with Crippen molar-refractivity contribution >= 4 is 44.9 Å². The molecular weight excluding hydrogens is 471 g/mol.